The van der Waals surface area contributed by atoms with Crippen LogP contribution in [0.1, 0.15) is 19.3 Å². The Balaban J connectivity index is 1.88. The van der Waals surface area contributed by atoms with Crippen molar-refractivity contribution < 1.29 is 4.39 Å². The van der Waals surface area contributed by atoms with Crippen LogP contribution in [0.2, 0.25) is 0 Å². The molecule has 1 nitrogen and oxygen atoms in total. The summed E-state index contributed by atoms with van der Waals surface area (Å²) in [6.07, 6.45) is 6.85. The summed E-state index contributed by atoms with van der Waals surface area (Å²) in [5, 5.41) is 0.292. The number of rotatable bonds is 2. The first-order valence-electron chi connectivity index (χ1n) is 5.21. The average Bonchev–Trinajstić information content (AvgIpc) is 2.64. The van der Waals surface area contributed by atoms with E-state index in [0.29, 0.717) is 11.0 Å². The average molecular weight is 216 g/mol. The second-order valence-corrected chi connectivity index (χ2v) is 4.48. The van der Waals surface area contributed by atoms with Crippen molar-refractivity contribution in [3.8, 4) is 0 Å². The highest BCUT2D eigenvalue weighted by atomic mass is 35.5. The lowest BCUT2D eigenvalue weighted by Crippen LogP contribution is -2.26. The molecule has 0 saturated carbocycles. The highest BCUT2D eigenvalue weighted by molar-refractivity contribution is 6.31. The Hall–Kier alpha value is -0.340. The first-order chi connectivity index (χ1) is 6.75. The summed E-state index contributed by atoms with van der Waals surface area (Å²) in [5.74, 6) is 0.143. The van der Waals surface area contributed by atoms with Crippen LogP contribution in [0.15, 0.2) is 23.0 Å². The van der Waals surface area contributed by atoms with E-state index in [4.69, 9.17) is 11.6 Å². The molecule has 0 bridgehead atoms. The van der Waals surface area contributed by atoms with Gasteiger partial charge in [0, 0.05) is 6.54 Å². The molecular formula is C11H15ClFN. The monoisotopic (exact) mass is 215 g/mol. The molecule has 0 aromatic carbocycles. The van der Waals surface area contributed by atoms with Gasteiger partial charge in [0.1, 0.15) is 5.83 Å². The van der Waals surface area contributed by atoms with E-state index < -0.39 is 0 Å². The van der Waals surface area contributed by atoms with Crippen molar-refractivity contribution in [1.82, 2.24) is 4.90 Å². The zero-order valence-corrected chi connectivity index (χ0v) is 8.93. The fourth-order valence-corrected chi connectivity index (χ4v) is 2.39. The minimum absolute atomic E-state index is 0.260. The molecule has 1 unspecified atom stereocenters. The van der Waals surface area contributed by atoms with Crippen molar-refractivity contribution in [2.75, 3.05) is 19.6 Å². The number of allylic oxidation sites excluding steroid dienone is 3. The van der Waals surface area contributed by atoms with Crippen molar-refractivity contribution in [2.24, 2.45) is 5.92 Å². The van der Waals surface area contributed by atoms with Crippen LogP contribution < -0.4 is 0 Å². The molecule has 1 fully saturated rings. The molecule has 78 valence electrons. The second kappa shape index (κ2) is 4.45. The van der Waals surface area contributed by atoms with E-state index in [1.165, 1.54) is 25.9 Å². The summed E-state index contributed by atoms with van der Waals surface area (Å²) in [6, 6.07) is 0. The molecule has 1 aliphatic heterocycles. The summed E-state index contributed by atoms with van der Waals surface area (Å²) >= 11 is 5.75. The van der Waals surface area contributed by atoms with Crippen molar-refractivity contribution in [1.29, 1.82) is 0 Å². The van der Waals surface area contributed by atoms with Crippen LogP contribution >= 0.6 is 11.6 Å². The van der Waals surface area contributed by atoms with Crippen molar-refractivity contribution in [3.63, 3.8) is 0 Å². The van der Waals surface area contributed by atoms with Gasteiger partial charge in [-0.15, -0.1) is 0 Å². The number of likely N-dealkylation sites (tertiary alicyclic amines) is 1. The van der Waals surface area contributed by atoms with Crippen LogP contribution in [0.4, 0.5) is 4.39 Å². The van der Waals surface area contributed by atoms with Gasteiger partial charge in [0.15, 0.2) is 0 Å². The molecule has 1 heterocycles. The molecule has 2 rings (SSSR count). The van der Waals surface area contributed by atoms with E-state index in [1.54, 1.807) is 6.08 Å². The molecule has 0 aromatic rings. The zero-order chi connectivity index (χ0) is 9.97. The van der Waals surface area contributed by atoms with Gasteiger partial charge in [0.25, 0.3) is 0 Å². The topological polar surface area (TPSA) is 3.24 Å². The Morgan fingerprint density at radius 2 is 2.14 bits per heavy atom. The van der Waals surface area contributed by atoms with E-state index in [9.17, 15) is 4.39 Å². The Morgan fingerprint density at radius 3 is 2.79 bits per heavy atom. The quantitative estimate of drug-likeness (QED) is 0.685. The lowest BCUT2D eigenvalue weighted by molar-refractivity contribution is 0.301. The Morgan fingerprint density at radius 1 is 1.43 bits per heavy atom. The predicted octanol–water partition coefficient (Wildman–Crippen LogP) is 3.08. The van der Waals surface area contributed by atoms with Gasteiger partial charge in [-0.25, -0.2) is 4.39 Å². The Kier molecular flexibility index (Phi) is 3.24. The van der Waals surface area contributed by atoms with Gasteiger partial charge in [0.2, 0.25) is 0 Å². The maximum atomic E-state index is 12.9. The van der Waals surface area contributed by atoms with Crippen molar-refractivity contribution in [2.45, 2.75) is 19.3 Å². The van der Waals surface area contributed by atoms with Gasteiger partial charge in [-0.05, 0) is 44.3 Å². The standard InChI is InChI=1S/C11H15ClFN/c12-10-7-9(3-4-11(10)13)8-14-5-1-2-6-14/h4,7,9H,1-3,5-6,8H2. The lowest BCUT2D eigenvalue weighted by atomic mass is 10.00. The van der Waals surface area contributed by atoms with Gasteiger partial charge in [-0.1, -0.05) is 17.7 Å². The first kappa shape index (κ1) is 10.2. The van der Waals surface area contributed by atoms with Gasteiger partial charge in [-0.3, -0.25) is 0 Å². The molecule has 0 amide bonds. The molecular weight excluding hydrogens is 201 g/mol. The van der Waals surface area contributed by atoms with Gasteiger partial charge in [-0.2, -0.15) is 0 Å². The van der Waals surface area contributed by atoms with Crippen LogP contribution in [0.25, 0.3) is 0 Å². The number of hydrogen-bond acceptors (Lipinski definition) is 1. The summed E-state index contributed by atoms with van der Waals surface area (Å²) in [7, 11) is 0. The maximum Gasteiger partial charge on any atom is 0.137 e. The highest BCUT2D eigenvalue weighted by Gasteiger charge is 2.19. The second-order valence-electron chi connectivity index (χ2n) is 4.07. The van der Waals surface area contributed by atoms with Crippen LogP contribution in [0.5, 0.6) is 0 Å². The van der Waals surface area contributed by atoms with Crippen molar-refractivity contribution in [3.05, 3.63) is 23.0 Å². The minimum Gasteiger partial charge on any atom is -0.303 e. The van der Waals surface area contributed by atoms with Crippen molar-refractivity contribution >= 4 is 11.6 Å². The molecule has 14 heavy (non-hydrogen) atoms. The van der Waals surface area contributed by atoms with Crippen LogP contribution in [-0.2, 0) is 0 Å². The molecule has 0 spiro atoms. The fraction of sp³-hybridized carbons (Fsp3) is 0.636. The molecule has 3 heteroatoms. The summed E-state index contributed by atoms with van der Waals surface area (Å²) < 4.78 is 12.9. The highest BCUT2D eigenvalue weighted by Crippen LogP contribution is 2.27. The fourth-order valence-electron chi connectivity index (χ4n) is 2.13. The normalized spacial score (nSPS) is 28.9. The number of nitrogens with zero attached hydrogens (tertiary/aromatic N) is 1. The van der Waals surface area contributed by atoms with Crippen LogP contribution in [0, 0.1) is 5.92 Å². The summed E-state index contributed by atoms with van der Waals surface area (Å²) in [5.41, 5.74) is 0. The zero-order valence-electron chi connectivity index (χ0n) is 8.18. The molecule has 2 aliphatic rings. The molecule has 1 atom stereocenters. The lowest BCUT2D eigenvalue weighted by Gasteiger charge is -2.22. The summed E-state index contributed by atoms with van der Waals surface area (Å²) in [4.78, 5) is 2.43. The van der Waals surface area contributed by atoms with Crippen LogP contribution in [-0.4, -0.2) is 24.5 Å². The maximum absolute atomic E-state index is 12.9. The third-order valence-electron chi connectivity index (χ3n) is 2.90. The van der Waals surface area contributed by atoms with Gasteiger partial charge < -0.3 is 4.90 Å². The van der Waals surface area contributed by atoms with E-state index in [1.807, 2.05) is 6.08 Å². The number of hydrogen-bond donors (Lipinski definition) is 0. The smallest absolute Gasteiger partial charge is 0.137 e. The van der Waals surface area contributed by atoms with E-state index >= 15 is 0 Å². The van der Waals surface area contributed by atoms with E-state index in [-0.39, 0.29) is 5.83 Å². The minimum atomic E-state index is -0.260. The molecule has 0 N–H and O–H groups in total. The Bertz CT molecular complexity index is 266. The summed E-state index contributed by atoms with van der Waals surface area (Å²) in [6.45, 7) is 3.41. The third kappa shape index (κ3) is 2.37. The van der Waals surface area contributed by atoms with Gasteiger partial charge in [0.05, 0.1) is 5.03 Å². The van der Waals surface area contributed by atoms with E-state index in [2.05, 4.69) is 4.90 Å². The third-order valence-corrected chi connectivity index (χ3v) is 3.21. The largest absolute Gasteiger partial charge is 0.303 e. The van der Waals surface area contributed by atoms with Gasteiger partial charge >= 0.3 is 0 Å². The Labute approximate surface area is 89.2 Å². The molecule has 0 aromatic heterocycles. The molecule has 1 aliphatic carbocycles. The molecule has 0 radical (unpaired) electrons. The molecule has 1 saturated heterocycles. The predicted molar refractivity (Wildman–Crippen MR) is 56.9 cm³/mol. The van der Waals surface area contributed by atoms with Crippen LogP contribution in [0.3, 0.4) is 0 Å². The number of halogens is 2. The SMILES string of the molecule is FC1=CCC(CN2CCCC2)C=C1Cl. The van der Waals surface area contributed by atoms with E-state index in [0.717, 1.165) is 13.0 Å². The first-order valence-corrected chi connectivity index (χ1v) is 5.59.